The smallest absolute Gasteiger partial charge is 0.261 e. The molecular formula is C18H22N4O5S2. The first kappa shape index (κ1) is 22.5. The number of thiophene rings is 1. The van der Waals surface area contributed by atoms with Crippen molar-refractivity contribution in [3.63, 3.8) is 0 Å². The second-order valence-electron chi connectivity index (χ2n) is 6.26. The number of hydrogen-bond donors (Lipinski definition) is 3. The molecule has 0 radical (unpaired) electrons. The topological polar surface area (TPSA) is 125 Å². The molecular weight excluding hydrogens is 416 g/mol. The van der Waals surface area contributed by atoms with Crippen molar-refractivity contribution in [3.05, 3.63) is 51.7 Å². The van der Waals surface area contributed by atoms with Gasteiger partial charge in [0.15, 0.2) is 0 Å². The van der Waals surface area contributed by atoms with E-state index in [0.717, 1.165) is 14.7 Å². The molecule has 0 fully saturated rings. The molecule has 0 aliphatic heterocycles. The summed E-state index contributed by atoms with van der Waals surface area (Å²) in [6, 6.07) is 9.68. The Bertz CT molecular complexity index is 1000. The molecule has 0 spiro atoms. The van der Waals surface area contributed by atoms with Crippen molar-refractivity contribution in [2.75, 3.05) is 20.1 Å². The van der Waals surface area contributed by atoms with Gasteiger partial charge in [0.2, 0.25) is 10.0 Å². The summed E-state index contributed by atoms with van der Waals surface area (Å²) in [5, 5.41) is 2.43. The van der Waals surface area contributed by atoms with Gasteiger partial charge in [0.05, 0.1) is 22.9 Å². The minimum Gasteiger partial charge on any atom is -0.342 e. The number of carbonyl (C=O) groups excluding carboxylic acids is 3. The maximum Gasteiger partial charge on any atom is 0.261 e. The summed E-state index contributed by atoms with van der Waals surface area (Å²) >= 11 is 1.30. The number of hydrogen-bond acceptors (Lipinski definition) is 6. The molecule has 9 nitrogen and oxygen atoms in total. The maximum absolute atomic E-state index is 12.4. The Morgan fingerprint density at radius 1 is 0.966 bits per heavy atom. The lowest BCUT2D eigenvalue weighted by molar-refractivity contribution is -0.128. The van der Waals surface area contributed by atoms with Gasteiger partial charge in [0, 0.05) is 11.9 Å². The summed E-state index contributed by atoms with van der Waals surface area (Å²) in [5.41, 5.74) is 5.16. The quantitative estimate of drug-likeness (QED) is 0.545. The summed E-state index contributed by atoms with van der Waals surface area (Å²) in [6.07, 6.45) is 0. The van der Waals surface area contributed by atoms with E-state index in [1.165, 1.54) is 30.5 Å². The number of carbonyl (C=O) groups is 3. The molecule has 1 aromatic carbocycles. The van der Waals surface area contributed by atoms with Gasteiger partial charge in [0.25, 0.3) is 17.7 Å². The van der Waals surface area contributed by atoms with Gasteiger partial charge in [-0.3, -0.25) is 25.2 Å². The third-order valence-electron chi connectivity index (χ3n) is 3.81. The zero-order chi connectivity index (χ0) is 21.6. The number of aryl methyl sites for hydroxylation is 2. The summed E-state index contributed by atoms with van der Waals surface area (Å²) in [4.78, 5) is 37.1. The molecule has 0 saturated heterocycles. The van der Waals surface area contributed by atoms with Crippen LogP contribution in [0.2, 0.25) is 0 Å². The minimum absolute atomic E-state index is 0.0639. The van der Waals surface area contributed by atoms with Crippen LogP contribution < -0.4 is 16.2 Å². The predicted octanol–water partition coefficient (Wildman–Crippen LogP) is 0.563. The van der Waals surface area contributed by atoms with Crippen LogP contribution >= 0.6 is 11.3 Å². The Labute approximate surface area is 173 Å². The van der Waals surface area contributed by atoms with E-state index in [0.29, 0.717) is 4.88 Å². The van der Waals surface area contributed by atoms with Gasteiger partial charge in [-0.15, -0.1) is 11.3 Å². The number of likely N-dealkylation sites (N-methyl/N-ethyl adjacent to an activating group) is 1. The van der Waals surface area contributed by atoms with Crippen LogP contribution in [0.3, 0.4) is 0 Å². The molecule has 2 aromatic rings. The van der Waals surface area contributed by atoms with E-state index in [9.17, 15) is 22.8 Å². The van der Waals surface area contributed by atoms with E-state index < -0.39 is 34.3 Å². The fourth-order valence-electron chi connectivity index (χ4n) is 2.20. The van der Waals surface area contributed by atoms with Crippen LogP contribution in [0.4, 0.5) is 0 Å². The largest absolute Gasteiger partial charge is 0.342 e. The van der Waals surface area contributed by atoms with Crippen molar-refractivity contribution in [2.45, 2.75) is 18.7 Å². The highest BCUT2D eigenvalue weighted by molar-refractivity contribution is 7.89. The van der Waals surface area contributed by atoms with Crippen LogP contribution in [0, 0.1) is 13.8 Å². The van der Waals surface area contributed by atoms with Crippen LogP contribution in [0.1, 0.15) is 20.1 Å². The Morgan fingerprint density at radius 3 is 2.17 bits per heavy atom. The fraction of sp³-hybridized carbons (Fsp3) is 0.278. The number of hydrazine groups is 1. The van der Waals surface area contributed by atoms with Crippen molar-refractivity contribution in [3.8, 4) is 0 Å². The third-order valence-corrected chi connectivity index (χ3v) is 6.63. The van der Waals surface area contributed by atoms with Gasteiger partial charge >= 0.3 is 0 Å². The summed E-state index contributed by atoms with van der Waals surface area (Å²) in [6.45, 7) is 2.87. The van der Waals surface area contributed by atoms with Crippen molar-refractivity contribution in [1.29, 1.82) is 0 Å². The molecule has 0 aliphatic carbocycles. The number of nitrogens with one attached hydrogen (secondary N) is 3. The van der Waals surface area contributed by atoms with Crippen LogP contribution in [0.15, 0.2) is 41.3 Å². The highest BCUT2D eigenvalue weighted by Crippen LogP contribution is 2.15. The number of amides is 3. The SMILES string of the molecule is Cc1ccc(S(=O)(=O)N(C)CC(=O)NNC(=O)CNC(=O)c2ccc(C)s2)cc1. The van der Waals surface area contributed by atoms with E-state index in [1.807, 2.05) is 13.8 Å². The molecule has 11 heteroatoms. The van der Waals surface area contributed by atoms with Crippen molar-refractivity contribution >= 4 is 39.1 Å². The number of sulfonamides is 1. The molecule has 0 unspecified atom stereocenters. The molecule has 29 heavy (non-hydrogen) atoms. The first-order valence-electron chi connectivity index (χ1n) is 8.55. The van der Waals surface area contributed by atoms with Crippen molar-refractivity contribution in [1.82, 2.24) is 20.5 Å². The van der Waals surface area contributed by atoms with E-state index in [1.54, 1.807) is 24.3 Å². The average molecular weight is 439 g/mol. The van der Waals surface area contributed by atoms with E-state index in [4.69, 9.17) is 0 Å². The number of nitrogens with zero attached hydrogens (tertiary/aromatic N) is 1. The zero-order valence-corrected chi connectivity index (χ0v) is 17.8. The van der Waals surface area contributed by atoms with Crippen LogP contribution in [0.25, 0.3) is 0 Å². The van der Waals surface area contributed by atoms with Crippen LogP contribution in [0.5, 0.6) is 0 Å². The minimum atomic E-state index is -3.84. The molecule has 156 valence electrons. The molecule has 0 atom stereocenters. The van der Waals surface area contributed by atoms with Crippen molar-refractivity contribution in [2.24, 2.45) is 0 Å². The Hall–Kier alpha value is -2.76. The monoisotopic (exact) mass is 438 g/mol. The average Bonchev–Trinajstić information content (AvgIpc) is 3.11. The molecule has 3 N–H and O–H groups in total. The lowest BCUT2D eigenvalue weighted by Gasteiger charge is -2.17. The van der Waals surface area contributed by atoms with Gasteiger partial charge in [-0.05, 0) is 38.1 Å². The van der Waals surface area contributed by atoms with Gasteiger partial charge in [-0.2, -0.15) is 4.31 Å². The van der Waals surface area contributed by atoms with E-state index >= 15 is 0 Å². The second kappa shape index (κ2) is 9.63. The van der Waals surface area contributed by atoms with Crippen LogP contribution in [-0.2, 0) is 19.6 Å². The summed E-state index contributed by atoms with van der Waals surface area (Å²) in [5.74, 6) is -1.77. The molecule has 1 aromatic heterocycles. The molecule has 3 amide bonds. The molecule has 0 saturated carbocycles. The Morgan fingerprint density at radius 2 is 1.59 bits per heavy atom. The van der Waals surface area contributed by atoms with Gasteiger partial charge in [0.1, 0.15) is 0 Å². The zero-order valence-electron chi connectivity index (χ0n) is 16.2. The van der Waals surface area contributed by atoms with Gasteiger partial charge in [-0.1, -0.05) is 17.7 Å². The predicted molar refractivity (Wildman–Crippen MR) is 109 cm³/mol. The summed E-state index contributed by atoms with van der Waals surface area (Å²) in [7, 11) is -2.57. The maximum atomic E-state index is 12.4. The lowest BCUT2D eigenvalue weighted by Crippen LogP contribution is -2.49. The molecule has 0 aliphatic rings. The summed E-state index contributed by atoms with van der Waals surface area (Å²) < 4.78 is 25.8. The second-order valence-corrected chi connectivity index (χ2v) is 9.60. The third kappa shape index (κ3) is 6.38. The first-order chi connectivity index (χ1) is 13.6. The molecule has 2 rings (SSSR count). The van der Waals surface area contributed by atoms with E-state index in [-0.39, 0.29) is 11.4 Å². The fourth-order valence-corrected chi connectivity index (χ4v) is 4.12. The lowest BCUT2D eigenvalue weighted by atomic mass is 10.2. The Balaban J connectivity index is 1.78. The van der Waals surface area contributed by atoms with E-state index in [2.05, 4.69) is 16.2 Å². The standard InChI is InChI=1S/C18H22N4O5S2/c1-12-4-7-14(8-5-12)29(26,27)22(3)11-17(24)21-20-16(23)10-19-18(25)15-9-6-13(2)28-15/h4-9H,10-11H2,1-3H3,(H,19,25)(H,20,23)(H,21,24). The molecule has 1 heterocycles. The molecule has 0 bridgehead atoms. The van der Waals surface area contributed by atoms with Crippen molar-refractivity contribution < 1.29 is 22.8 Å². The van der Waals surface area contributed by atoms with Crippen LogP contribution in [-0.4, -0.2) is 50.6 Å². The number of rotatable bonds is 7. The first-order valence-corrected chi connectivity index (χ1v) is 10.8. The van der Waals surface area contributed by atoms with Gasteiger partial charge in [-0.25, -0.2) is 8.42 Å². The number of benzene rings is 1. The van der Waals surface area contributed by atoms with Gasteiger partial charge < -0.3 is 5.32 Å². The highest BCUT2D eigenvalue weighted by Gasteiger charge is 2.23. The highest BCUT2D eigenvalue weighted by atomic mass is 32.2. The Kier molecular flexibility index (Phi) is 7.48. The normalized spacial score (nSPS) is 11.2.